The molecule has 116 valence electrons. The van der Waals surface area contributed by atoms with Gasteiger partial charge >= 0.3 is 0 Å². The first kappa shape index (κ1) is 14.8. The minimum absolute atomic E-state index is 0.574. The summed E-state index contributed by atoms with van der Waals surface area (Å²) >= 11 is 0. The van der Waals surface area contributed by atoms with Crippen molar-refractivity contribution < 1.29 is 4.21 Å². The molecule has 0 bridgehead atoms. The lowest BCUT2D eigenvalue weighted by molar-refractivity contribution is 0.680. The summed E-state index contributed by atoms with van der Waals surface area (Å²) in [5, 5.41) is 2.79. The molecule has 4 aromatic rings. The van der Waals surface area contributed by atoms with E-state index in [0.717, 1.165) is 26.8 Å². The zero-order chi connectivity index (χ0) is 16.4. The lowest BCUT2D eigenvalue weighted by Crippen LogP contribution is -1.98. The van der Waals surface area contributed by atoms with E-state index >= 15 is 0 Å². The van der Waals surface area contributed by atoms with Crippen LogP contribution in [0.5, 0.6) is 0 Å². The molecule has 0 aliphatic heterocycles. The molecular weight excluding hydrogens is 314 g/mol. The Kier molecular flexibility index (Phi) is 3.93. The van der Waals surface area contributed by atoms with Gasteiger partial charge in [-0.3, -0.25) is 0 Å². The molecule has 3 aromatic carbocycles. The van der Waals surface area contributed by atoms with Crippen molar-refractivity contribution in [3.63, 3.8) is 0 Å². The molecule has 0 aliphatic rings. The Morgan fingerprint density at radius 1 is 0.708 bits per heavy atom. The van der Waals surface area contributed by atoms with Crippen LogP contribution in [-0.2, 0) is 10.8 Å². The molecule has 0 radical (unpaired) electrons. The Balaban J connectivity index is 1.97. The Morgan fingerprint density at radius 2 is 1.38 bits per heavy atom. The highest BCUT2D eigenvalue weighted by Crippen LogP contribution is 2.32. The fourth-order valence-corrected chi connectivity index (χ4v) is 3.98. The van der Waals surface area contributed by atoms with E-state index in [0.29, 0.717) is 5.03 Å². The molecule has 0 aliphatic carbocycles. The van der Waals surface area contributed by atoms with Crippen LogP contribution in [0.15, 0.2) is 101 Å². The van der Waals surface area contributed by atoms with Crippen LogP contribution in [0.3, 0.4) is 0 Å². The van der Waals surface area contributed by atoms with Crippen LogP contribution in [0.1, 0.15) is 0 Å². The second-order valence-corrected chi connectivity index (χ2v) is 6.89. The summed E-state index contributed by atoms with van der Waals surface area (Å²) in [4.78, 5) is 5.06. The third-order valence-corrected chi connectivity index (χ3v) is 5.32. The van der Waals surface area contributed by atoms with Gasteiger partial charge in [0.05, 0.1) is 4.90 Å². The fourth-order valence-electron chi connectivity index (χ4n) is 2.79. The first-order valence-electron chi connectivity index (χ1n) is 7.74. The van der Waals surface area contributed by atoms with Crippen molar-refractivity contribution in [1.82, 2.24) is 4.98 Å². The van der Waals surface area contributed by atoms with Crippen LogP contribution in [-0.4, -0.2) is 9.19 Å². The van der Waals surface area contributed by atoms with Gasteiger partial charge in [-0.1, -0.05) is 60.7 Å². The largest absolute Gasteiger partial charge is 0.247 e. The normalized spacial score (nSPS) is 12.2. The number of fused-ring (bicyclic) bond motifs is 1. The molecule has 1 atom stereocenters. The number of aromatic nitrogens is 1. The maximum absolute atomic E-state index is 13.1. The van der Waals surface area contributed by atoms with Gasteiger partial charge in [-0.15, -0.1) is 0 Å². The first-order chi connectivity index (χ1) is 11.8. The van der Waals surface area contributed by atoms with Crippen LogP contribution in [0.25, 0.3) is 21.9 Å². The zero-order valence-electron chi connectivity index (χ0n) is 12.9. The summed E-state index contributed by atoms with van der Waals surface area (Å²) in [7, 11) is -1.33. The van der Waals surface area contributed by atoms with Gasteiger partial charge in [-0.2, -0.15) is 0 Å². The van der Waals surface area contributed by atoms with Crippen molar-refractivity contribution in [2.45, 2.75) is 9.92 Å². The van der Waals surface area contributed by atoms with Crippen LogP contribution in [0, 0.1) is 0 Å². The molecular formula is C21H15NOS. The minimum Gasteiger partial charge on any atom is -0.247 e. The number of hydrogen-bond acceptors (Lipinski definition) is 2. The molecule has 0 amide bonds. The Morgan fingerprint density at radius 3 is 2.08 bits per heavy atom. The number of hydrogen-bond donors (Lipinski definition) is 0. The van der Waals surface area contributed by atoms with Crippen LogP contribution in [0.4, 0.5) is 0 Å². The van der Waals surface area contributed by atoms with E-state index in [4.69, 9.17) is 0 Å². The topological polar surface area (TPSA) is 30.0 Å². The lowest BCUT2D eigenvalue weighted by Gasteiger charge is -2.11. The van der Waals surface area contributed by atoms with E-state index in [1.54, 1.807) is 12.3 Å². The molecule has 0 N–H and O–H groups in total. The van der Waals surface area contributed by atoms with Crippen molar-refractivity contribution in [3.8, 4) is 11.1 Å². The second-order valence-electron chi connectivity index (χ2n) is 5.50. The minimum atomic E-state index is -1.33. The van der Waals surface area contributed by atoms with E-state index in [1.807, 2.05) is 66.7 Å². The molecule has 3 heteroatoms. The maximum atomic E-state index is 13.1. The van der Waals surface area contributed by atoms with E-state index in [1.165, 1.54) is 0 Å². The van der Waals surface area contributed by atoms with Crippen molar-refractivity contribution >= 4 is 21.6 Å². The van der Waals surface area contributed by atoms with Crippen LogP contribution >= 0.6 is 0 Å². The summed E-state index contributed by atoms with van der Waals surface area (Å²) in [5.41, 5.74) is 2.04. The molecule has 0 saturated carbocycles. The van der Waals surface area contributed by atoms with E-state index in [-0.39, 0.29) is 0 Å². The van der Waals surface area contributed by atoms with E-state index in [2.05, 4.69) is 17.1 Å². The highest BCUT2D eigenvalue weighted by molar-refractivity contribution is 7.85. The van der Waals surface area contributed by atoms with Crippen LogP contribution < -0.4 is 0 Å². The first-order valence-corrected chi connectivity index (χ1v) is 8.89. The van der Waals surface area contributed by atoms with Gasteiger partial charge in [-0.25, -0.2) is 9.19 Å². The van der Waals surface area contributed by atoms with Gasteiger partial charge in [-0.05, 0) is 46.2 Å². The predicted molar refractivity (Wildman–Crippen MR) is 98.3 cm³/mol. The van der Waals surface area contributed by atoms with Gasteiger partial charge in [0.2, 0.25) is 0 Å². The summed E-state index contributed by atoms with van der Waals surface area (Å²) < 4.78 is 13.1. The SMILES string of the molecule is O=S(c1ccccn1)c1cc2ccccc2cc1-c1ccccc1. The van der Waals surface area contributed by atoms with Crippen molar-refractivity contribution in [3.05, 3.63) is 91.1 Å². The Hall–Kier alpha value is -2.78. The van der Waals surface area contributed by atoms with Gasteiger partial charge in [0, 0.05) is 6.20 Å². The second kappa shape index (κ2) is 6.38. The Labute approximate surface area is 143 Å². The predicted octanol–water partition coefficient (Wildman–Crippen LogP) is 5.07. The molecule has 0 saturated heterocycles. The van der Waals surface area contributed by atoms with Gasteiger partial charge in [0.15, 0.2) is 0 Å². The molecule has 2 nitrogen and oxygen atoms in total. The average Bonchev–Trinajstić information content (AvgIpc) is 2.68. The number of benzene rings is 3. The monoisotopic (exact) mass is 329 g/mol. The molecule has 1 unspecified atom stereocenters. The smallest absolute Gasteiger partial charge is 0.132 e. The summed E-state index contributed by atoms with van der Waals surface area (Å²) in [6.45, 7) is 0. The van der Waals surface area contributed by atoms with Gasteiger partial charge in [0.1, 0.15) is 15.8 Å². The quantitative estimate of drug-likeness (QED) is 0.525. The summed E-state index contributed by atoms with van der Waals surface area (Å²) in [5.74, 6) is 0. The van der Waals surface area contributed by atoms with E-state index < -0.39 is 10.8 Å². The zero-order valence-corrected chi connectivity index (χ0v) is 13.7. The highest BCUT2D eigenvalue weighted by atomic mass is 32.2. The van der Waals surface area contributed by atoms with Gasteiger partial charge < -0.3 is 0 Å². The number of rotatable bonds is 3. The van der Waals surface area contributed by atoms with E-state index in [9.17, 15) is 4.21 Å². The molecule has 1 heterocycles. The molecule has 0 fully saturated rings. The van der Waals surface area contributed by atoms with Crippen molar-refractivity contribution in [2.75, 3.05) is 0 Å². The average molecular weight is 329 g/mol. The molecule has 1 aromatic heterocycles. The highest BCUT2D eigenvalue weighted by Gasteiger charge is 2.15. The van der Waals surface area contributed by atoms with Crippen molar-refractivity contribution in [1.29, 1.82) is 0 Å². The fraction of sp³-hybridized carbons (Fsp3) is 0. The summed E-state index contributed by atoms with van der Waals surface area (Å²) in [6, 6.07) is 27.8. The molecule has 24 heavy (non-hydrogen) atoms. The summed E-state index contributed by atoms with van der Waals surface area (Å²) in [6.07, 6.45) is 1.68. The molecule has 4 rings (SSSR count). The third-order valence-electron chi connectivity index (χ3n) is 3.96. The number of nitrogens with zero attached hydrogens (tertiary/aromatic N) is 1. The van der Waals surface area contributed by atoms with Gasteiger partial charge in [0.25, 0.3) is 0 Å². The Bertz CT molecular complexity index is 1010. The van der Waals surface area contributed by atoms with Crippen LogP contribution in [0.2, 0.25) is 0 Å². The third kappa shape index (κ3) is 2.74. The van der Waals surface area contributed by atoms with Crippen molar-refractivity contribution in [2.24, 2.45) is 0 Å². The lowest BCUT2D eigenvalue weighted by atomic mass is 10.0. The number of pyridine rings is 1. The standard InChI is InChI=1S/C21H15NOS/c23-24(21-12-6-7-13-22-21)20-15-18-11-5-4-10-17(18)14-19(20)16-8-2-1-3-9-16/h1-15H. The molecule has 0 spiro atoms. The maximum Gasteiger partial charge on any atom is 0.132 e.